The number of aromatic nitrogens is 1. The summed E-state index contributed by atoms with van der Waals surface area (Å²) in [6.07, 6.45) is 2.79. The molecule has 2 nitrogen and oxygen atoms in total. The van der Waals surface area contributed by atoms with Crippen LogP contribution < -0.4 is 0 Å². The molecule has 0 aromatic carbocycles. The molecule has 0 bridgehead atoms. The van der Waals surface area contributed by atoms with E-state index in [4.69, 9.17) is 0 Å². The minimum atomic E-state index is 0.263. The van der Waals surface area contributed by atoms with Crippen LogP contribution in [0.4, 0.5) is 0 Å². The summed E-state index contributed by atoms with van der Waals surface area (Å²) in [6, 6.07) is 0. The zero-order chi connectivity index (χ0) is 11.4. The van der Waals surface area contributed by atoms with Crippen LogP contribution in [0.2, 0.25) is 0 Å². The van der Waals surface area contributed by atoms with Crippen LogP contribution in [0.15, 0.2) is 0 Å². The molecule has 1 aromatic rings. The van der Waals surface area contributed by atoms with E-state index >= 15 is 0 Å². The molecule has 0 aliphatic heterocycles. The average Bonchev–Trinajstić information content (AvgIpc) is 2.44. The summed E-state index contributed by atoms with van der Waals surface area (Å²) in [6.45, 7) is 8.24. The highest BCUT2D eigenvalue weighted by atomic mass is 32.1. The molecule has 1 aromatic heterocycles. The Morgan fingerprint density at radius 3 is 2.53 bits per heavy atom. The van der Waals surface area contributed by atoms with Crippen LogP contribution in [0.3, 0.4) is 0 Å². The van der Waals surface area contributed by atoms with Crippen LogP contribution in [-0.2, 0) is 0 Å². The molecule has 84 valence electrons. The number of carbonyl (C=O) groups is 1. The van der Waals surface area contributed by atoms with Gasteiger partial charge in [-0.15, -0.1) is 11.3 Å². The Labute approximate surface area is 95.7 Å². The predicted molar refractivity (Wildman–Crippen MR) is 64.6 cm³/mol. The minimum Gasteiger partial charge on any atom is -0.293 e. The topological polar surface area (TPSA) is 30.0 Å². The van der Waals surface area contributed by atoms with E-state index in [1.807, 2.05) is 13.8 Å². The standard InChI is InChI=1S/C12H19NOS/c1-8(2)6-5-7-11(14)12-9(3)13-10(4)15-12/h8H,5-7H2,1-4H3. The van der Waals surface area contributed by atoms with Crippen LogP contribution in [0.25, 0.3) is 0 Å². The van der Waals surface area contributed by atoms with Crippen molar-refractivity contribution in [3.8, 4) is 0 Å². The Morgan fingerprint density at radius 2 is 2.07 bits per heavy atom. The second kappa shape index (κ2) is 5.40. The Morgan fingerprint density at radius 1 is 1.40 bits per heavy atom. The number of hydrogen-bond acceptors (Lipinski definition) is 3. The molecule has 0 unspecified atom stereocenters. The molecule has 0 amide bonds. The summed E-state index contributed by atoms with van der Waals surface area (Å²) in [5.74, 6) is 0.945. The number of carbonyl (C=O) groups excluding carboxylic acids is 1. The molecule has 0 aliphatic rings. The molecule has 0 saturated carbocycles. The van der Waals surface area contributed by atoms with E-state index in [1.54, 1.807) is 0 Å². The summed E-state index contributed by atoms with van der Waals surface area (Å²) in [5, 5.41) is 0.986. The van der Waals surface area contributed by atoms with Crippen molar-refractivity contribution in [2.45, 2.75) is 47.0 Å². The lowest BCUT2D eigenvalue weighted by molar-refractivity contribution is 0.0981. The fourth-order valence-corrected chi connectivity index (χ4v) is 2.46. The maximum atomic E-state index is 11.8. The van der Waals surface area contributed by atoms with E-state index in [2.05, 4.69) is 18.8 Å². The quantitative estimate of drug-likeness (QED) is 0.714. The van der Waals surface area contributed by atoms with Crippen LogP contribution >= 0.6 is 11.3 Å². The summed E-state index contributed by atoms with van der Waals surface area (Å²) in [7, 11) is 0. The van der Waals surface area contributed by atoms with Gasteiger partial charge in [0.25, 0.3) is 0 Å². The maximum Gasteiger partial charge on any atom is 0.174 e. The van der Waals surface area contributed by atoms with Gasteiger partial charge in [0.2, 0.25) is 0 Å². The number of thiazole rings is 1. The summed E-state index contributed by atoms with van der Waals surface area (Å²) < 4.78 is 0. The molecule has 3 heteroatoms. The van der Waals surface area contributed by atoms with Crippen molar-refractivity contribution in [1.82, 2.24) is 4.98 Å². The predicted octanol–water partition coefficient (Wildman–Crippen LogP) is 3.77. The summed E-state index contributed by atoms with van der Waals surface area (Å²) >= 11 is 1.52. The lowest BCUT2D eigenvalue weighted by Crippen LogP contribution is -1.99. The van der Waals surface area contributed by atoms with Gasteiger partial charge in [-0.2, -0.15) is 0 Å². The first-order valence-corrected chi connectivity index (χ1v) is 6.29. The zero-order valence-corrected chi connectivity index (χ0v) is 10.8. The Balaban J connectivity index is 2.50. The van der Waals surface area contributed by atoms with Gasteiger partial charge in [0, 0.05) is 6.42 Å². The van der Waals surface area contributed by atoms with E-state index in [0.717, 1.165) is 28.4 Å². The van der Waals surface area contributed by atoms with Gasteiger partial charge in [0.15, 0.2) is 5.78 Å². The fourth-order valence-electron chi connectivity index (χ4n) is 1.57. The van der Waals surface area contributed by atoms with Crippen LogP contribution in [-0.4, -0.2) is 10.8 Å². The normalized spacial score (nSPS) is 11.0. The molecule has 0 N–H and O–H groups in total. The highest BCUT2D eigenvalue weighted by Gasteiger charge is 2.13. The van der Waals surface area contributed by atoms with Gasteiger partial charge in [-0.3, -0.25) is 4.79 Å². The SMILES string of the molecule is Cc1nc(C)c(C(=O)CCCC(C)C)s1. The molecular weight excluding hydrogens is 206 g/mol. The smallest absolute Gasteiger partial charge is 0.174 e. The third-order valence-electron chi connectivity index (χ3n) is 2.34. The monoisotopic (exact) mass is 225 g/mol. The number of rotatable bonds is 5. The van der Waals surface area contributed by atoms with Crippen molar-refractivity contribution in [3.63, 3.8) is 0 Å². The highest BCUT2D eigenvalue weighted by Crippen LogP contribution is 2.20. The number of nitrogens with zero attached hydrogens (tertiary/aromatic N) is 1. The van der Waals surface area contributed by atoms with E-state index in [0.29, 0.717) is 12.3 Å². The Kier molecular flexibility index (Phi) is 4.45. The molecule has 0 fully saturated rings. The van der Waals surface area contributed by atoms with E-state index in [9.17, 15) is 4.79 Å². The van der Waals surface area contributed by atoms with Crippen molar-refractivity contribution < 1.29 is 4.79 Å². The molecule has 1 heterocycles. The lowest BCUT2D eigenvalue weighted by Gasteiger charge is -2.02. The van der Waals surface area contributed by atoms with Gasteiger partial charge in [-0.1, -0.05) is 20.3 Å². The van der Waals surface area contributed by atoms with Gasteiger partial charge in [0.1, 0.15) is 0 Å². The first-order valence-electron chi connectivity index (χ1n) is 5.48. The lowest BCUT2D eigenvalue weighted by atomic mass is 10.0. The highest BCUT2D eigenvalue weighted by molar-refractivity contribution is 7.13. The van der Waals surface area contributed by atoms with Crippen molar-refractivity contribution in [2.75, 3.05) is 0 Å². The maximum absolute atomic E-state index is 11.8. The first-order chi connectivity index (χ1) is 7.00. The largest absolute Gasteiger partial charge is 0.293 e. The fraction of sp³-hybridized carbons (Fsp3) is 0.667. The van der Waals surface area contributed by atoms with Crippen molar-refractivity contribution in [1.29, 1.82) is 0 Å². The van der Waals surface area contributed by atoms with Crippen LogP contribution in [0, 0.1) is 19.8 Å². The zero-order valence-electron chi connectivity index (χ0n) is 9.96. The van der Waals surface area contributed by atoms with Gasteiger partial charge in [-0.25, -0.2) is 4.98 Å². The Bertz CT molecular complexity index is 341. The van der Waals surface area contributed by atoms with Crippen molar-refractivity contribution in [2.24, 2.45) is 5.92 Å². The third kappa shape index (κ3) is 3.74. The molecule has 0 aliphatic carbocycles. The first kappa shape index (κ1) is 12.4. The van der Waals surface area contributed by atoms with Gasteiger partial charge in [-0.05, 0) is 26.2 Å². The average molecular weight is 225 g/mol. The van der Waals surface area contributed by atoms with Crippen molar-refractivity contribution >= 4 is 17.1 Å². The number of Topliss-reactive ketones (excluding diaryl/α,β-unsaturated/α-hetero) is 1. The molecule has 0 saturated heterocycles. The molecule has 1 rings (SSSR count). The second-order valence-corrected chi connectivity index (χ2v) is 5.56. The van der Waals surface area contributed by atoms with Gasteiger partial charge >= 0.3 is 0 Å². The van der Waals surface area contributed by atoms with E-state index < -0.39 is 0 Å². The number of ketones is 1. The van der Waals surface area contributed by atoms with Gasteiger partial charge < -0.3 is 0 Å². The molecule has 0 atom stereocenters. The Hall–Kier alpha value is -0.700. The minimum absolute atomic E-state index is 0.263. The molecule has 15 heavy (non-hydrogen) atoms. The second-order valence-electron chi connectivity index (χ2n) is 4.36. The van der Waals surface area contributed by atoms with Crippen molar-refractivity contribution in [3.05, 3.63) is 15.6 Å². The van der Waals surface area contributed by atoms with Crippen LogP contribution in [0.5, 0.6) is 0 Å². The van der Waals surface area contributed by atoms with E-state index in [-0.39, 0.29) is 5.78 Å². The summed E-state index contributed by atoms with van der Waals surface area (Å²) in [5.41, 5.74) is 0.895. The summed E-state index contributed by atoms with van der Waals surface area (Å²) in [4.78, 5) is 17.0. The van der Waals surface area contributed by atoms with E-state index in [1.165, 1.54) is 11.3 Å². The van der Waals surface area contributed by atoms with Gasteiger partial charge in [0.05, 0.1) is 15.6 Å². The third-order valence-corrected chi connectivity index (χ3v) is 3.46. The number of aryl methyl sites for hydroxylation is 2. The molecular formula is C12H19NOS. The molecule has 0 spiro atoms. The van der Waals surface area contributed by atoms with Crippen LogP contribution in [0.1, 0.15) is 53.5 Å². The molecule has 0 radical (unpaired) electrons. The number of hydrogen-bond donors (Lipinski definition) is 0.